The zero-order valence-corrected chi connectivity index (χ0v) is 17.3. The third kappa shape index (κ3) is 2.06. The standard InChI is InChI=1S/C25H27NO4/c1-14-5-3-4-6-16(14)21(28)25(29)10-9-15-13-18-17-7-8-19(27)22-24(17,11-12-26(18)2)20(15)23(25)30-22/h3-9,17-19,22,27,29H,10-13H2,1-2H3/t17-,18+,19-,22-,24-,25?/m0/s1. The number of aliphatic hydroxyl groups is 2. The second-order valence-electron chi connectivity index (χ2n) is 9.62. The van der Waals surface area contributed by atoms with Crippen molar-refractivity contribution in [1.82, 2.24) is 4.90 Å². The Morgan fingerprint density at radius 3 is 2.87 bits per heavy atom. The van der Waals surface area contributed by atoms with Gasteiger partial charge in [-0.3, -0.25) is 4.79 Å². The minimum Gasteiger partial charge on any atom is -0.487 e. The Kier molecular flexibility index (Phi) is 3.67. The molecule has 0 amide bonds. The molecule has 2 aliphatic heterocycles. The quantitative estimate of drug-likeness (QED) is 0.585. The molecule has 1 saturated carbocycles. The van der Waals surface area contributed by atoms with Crippen LogP contribution in [0.4, 0.5) is 0 Å². The number of ether oxygens (including phenoxy) is 1. The van der Waals surface area contributed by atoms with Crippen molar-refractivity contribution in [3.8, 4) is 0 Å². The molecule has 1 spiro atoms. The maximum atomic E-state index is 13.6. The van der Waals surface area contributed by atoms with Crippen LogP contribution in [0, 0.1) is 18.3 Å². The molecule has 2 heterocycles. The highest BCUT2D eigenvalue weighted by Crippen LogP contribution is 2.66. The number of piperidine rings is 1. The summed E-state index contributed by atoms with van der Waals surface area (Å²) in [5.41, 5.74) is 1.45. The number of rotatable bonds is 2. The number of carbonyl (C=O) groups excluding carboxylic acids is 1. The van der Waals surface area contributed by atoms with E-state index in [2.05, 4.69) is 24.1 Å². The molecular formula is C25H27NO4. The van der Waals surface area contributed by atoms with Crippen LogP contribution in [0.15, 0.2) is 59.4 Å². The number of hydrogen-bond acceptors (Lipinski definition) is 5. The fraction of sp³-hybridized carbons (Fsp3) is 0.480. The second kappa shape index (κ2) is 5.94. The van der Waals surface area contributed by atoms with Gasteiger partial charge in [0.25, 0.3) is 0 Å². The lowest BCUT2D eigenvalue weighted by atomic mass is 9.51. The third-order valence-corrected chi connectivity index (χ3v) is 8.26. The molecule has 156 valence electrons. The number of hydrogen-bond donors (Lipinski definition) is 2. The van der Waals surface area contributed by atoms with Crippen LogP contribution in [-0.4, -0.2) is 58.3 Å². The lowest BCUT2D eigenvalue weighted by Crippen LogP contribution is -2.62. The maximum Gasteiger partial charge on any atom is 0.202 e. The molecule has 5 aliphatic rings. The van der Waals surface area contributed by atoms with E-state index < -0.39 is 17.8 Å². The van der Waals surface area contributed by atoms with Crippen molar-refractivity contribution in [3.63, 3.8) is 0 Å². The van der Waals surface area contributed by atoms with Gasteiger partial charge in [-0.1, -0.05) is 42.5 Å². The van der Waals surface area contributed by atoms with Gasteiger partial charge in [-0.05, 0) is 44.5 Å². The summed E-state index contributed by atoms with van der Waals surface area (Å²) in [6.45, 7) is 2.80. The first-order valence-corrected chi connectivity index (χ1v) is 10.9. The van der Waals surface area contributed by atoms with Gasteiger partial charge in [0.2, 0.25) is 5.78 Å². The Hall–Kier alpha value is -2.21. The van der Waals surface area contributed by atoms with Crippen LogP contribution in [0.2, 0.25) is 0 Å². The van der Waals surface area contributed by atoms with Crippen molar-refractivity contribution in [2.45, 2.75) is 50.0 Å². The largest absolute Gasteiger partial charge is 0.487 e. The van der Waals surface area contributed by atoms with Gasteiger partial charge in [-0.25, -0.2) is 0 Å². The number of likely N-dealkylation sites (tertiary alicyclic amines) is 1. The topological polar surface area (TPSA) is 70.0 Å². The molecule has 3 aliphatic carbocycles. The fourth-order valence-corrected chi connectivity index (χ4v) is 6.74. The van der Waals surface area contributed by atoms with E-state index in [1.807, 2.05) is 31.2 Å². The predicted octanol–water partition coefficient (Wildman–Crippen LogP) is 2.53. The summed E-state index contributed by atoms with van der Waals surface area (Å²) in [6.07, 6.45) is 6.79. The van der Waals surface area contributed by atoms with Gasteiger partial charge in [0, 0.05) is 34.9 Å². The van der Waals surface area contributed by atoms with Crippen LogP contribution < -0.4 is 0 Å². The molecule has 5 heteroatoms. The van der Waals surface area contributed by atoms with E-state index in [9.17, 15) is 15.0 Å². The molecule has 1 aromatic rings. The van der Waals surface area contributed by atoms with Crippen LogP contribution in [-0.2, 0) is 4.74 Å². The van der Waals surface area contributed by atoms with E-state index in [1.54, 1.807) is 6.07 Å². The Bertz CT molecular complexity index is 1050. The van der Waals surface area contributed by atoms with Crippen LogP contribution in [0.1, 0.15) is 35.2 Å². The third-order valence-electron chi connectivity index (χ3n) is 8.26. The average molecular weight is 405 g/mol. The number of aliphatic hydroxyl groups excluding tert-OH is 1. The molecule has 0 radical (unpaired) electrons. The highest BCUT2D eigenvalue weighted by Gasteiger charge is 2.68. The Morgan fingerprint density at radius 2 is 2.07 bits per heavy atom. The fourth-order valence-electron chi connectivity index (χ4n) is 6.74. The zero-order chi connectivity index (χ0) is 20.8. The van der Waals surface area contributed by atoms with Gasteiger partial charge in [-0.15, -0.1) is 0 Å². The lowest BCUT2D eigenvalue weighted by molar-refractivity contribution is -0.0989. The van der Waals surface area contributed by atoms with Crippen molar-refractivity contribution < 1.29 is 19.7 Å². The lowest BCUT2D eigenvalue weighted by Gasteiger charge is -2.58. The molecule has 1 unspecified atom stereocenters. The van der Waals surface area contributed by atoms with E-state index in [4.69, 9.17) is 4.74 Å². The van der Waals surface area contributed by atoms with Gasteiger partial charge in [-0.2, -0.15) is 0 Å². The maximum absolute atomic E-state index is 13.6. The van der Waals surface area contributed by atoms with Crippen molar-refractivity contribution in [2.75, 3.05) is 13.6 Å². The Morgan fingerprint density at radius 1 is 1.27 bits per heavy atom. The number of ketones is 1. The highest BCUT2D eigenvalue weighted by atomic mass is 16.5. The molecule has 2 bridgehead atoms. The number of benzene rings is 1. The van der Waals surface area contributed by atoms with Crippen LogP contribution in [0.3, 0.4) is 0 Å². The molecule has 0 aromatic heterocycles. The molecule has 6 rings (SSSR count). The molecule has 2 N–H and O–H groups in total. The Labute approximate surface area is 176 Å². The van der Waals surface area contributed by atoms with Crippen molar-refractivity contribution >= 4 is 5.78 Å². The van der Waals surface area contributed by atoms with Crippen LogP contribution in [0.5, 0.6) is 0 Å². The number of aryl methyl sites for hydroxylation is 1. The minimum atomic E-state index is -1.72. The summed E-state index contributed by atoms with van der Waals surface area (Å²) in [6, 6.07) is 7.72. The zero-order valence-electron chi connectivity index (χ0n) is 17.3. The molecule has 30 heavy (non-hydrogen) atoms. The number of carbonyl (C=O) groups is 1. The van der Waals surface area contributed by atoms with Gasteiger partial charge in [0.15, 0.2) is 5.60 Å². The summed E-state index contributed by atoms with van der Waals surface area (Å²) < 4.78 is 6.42. The predicted molar refractivity (Wildman–Crippen MR) is 112 cm³/mol. The molecular weight excluding hydrogens is 378 g/mol. The first kappa shape index (κ1) is 18.6. The molecule has 5 nitrogen and oxygen atoms in total. The molecule has 6 atom stereocenters. The summed E-state index contributed by atoms with van der Waals surface area (Å²) in [4.78, 5) is 16.0. The second-order valence-corrected chi connectivity index (χ2v) is 9.62. The smallest absolute Gasteiger partial charge is 0.202 e. The average Bonchev–Trinajstić information content (AvgIpc) is 3.10. The number of nitrogens with zero attached hydrogens (tertiary/aromatic N) is 1. The van der Waals surface area contributed by atoms with E-state index in [0.29, 0.717) is 17.4 Å². The van der Waals surface area contributed by atoms with E-state index >= 15 is 0 Å². The van der Waals surface area contributed by atoms with Crippen molar-refractivity contribution in [2.24, 2.45) is 11.3 Å². The van der Waals surface area contributed by atoms with E-state index in [-0.39, 0.29) is 23.5 Å². The van der Waals surface area contributed by atoms with Gasteiger partial charge in [0.05, 0.1) is 0 Å². The minimum absolute atomic E-state index is 0.210. The van der Waals surface area contributed by atoms with Gasteiger partial charge in [0.1, 0.15) is 18.0 Å². The highest BCUT2D eigenvalue weighted by molar-refractivity contribution is 6.06. The summed E-state index contributed by atoms with van der Waals surface area (Å²) in [7, 11) is 2.16. The van der Waals surface area contributed by atoms with Gasteiger partial charge >= 0.3 is 0 Å². The van der Waals surface area contributed by atoms with Crippen molar-refractivity contribution in [1.29, 1.82) is 0 Å². The van der Waals surface area contributed by atoms with Crippen LogP contribution in [0.25, 0.3) is 0 Å². The number of Topliss-reactive ketones (excluding diaryl/α,β-unsaturated/α-hetero) is 1. The first-order chi connectivity index (χ1) is 14.4. The van der Waals surface area contributed by atoms with Crippen LogP contribution >= 0.6 is 0 Å². The normalized spacial score (nSPS) is 41.3. The summed E-state index contributed by atoms with van der Waals surface area (Å²) >= 11 is 0. The van der Waals surface area contributed by atoms with E-state index in [0.717, 1.165) is 30.5 Å². The summed E-state index contributed by atoms with van der Waals surface area (Å²) in [5.74, 6) is 0.293. The Balaban J connectivity index is 1.54. The summed E-state index contributed by atoms with van der Waals surface area (Å²) in [5, 5.41) is 22.7. The molecule has 1 saturated heterocycles. The van der Waals surface area contributed by atoms with Gasteiger partial charge < -0.3 is 19.8 Å². The first-order valence-electron chi connectivity index (χ1n) is 10.9. The monoisotopic (exact) mass is 405 g/mol. The SMILES string of the molecule is Cc1ccccc1C(=O)C1(O)CC=C2C[C@@H]3[C@@H]4C=C[C@H](O)[C@@H]5OC1=C2[C@]45CCN3C. The molecule has 2 fully saturated rings. The van der Waals surface area contributed by atoms with Crippen molar-refractivity contribution in [3.05, 3.63) is 70.5 Å². The molecule has 1 aromatic carbocycles. The van der Waals surface area contributed by atoms with E-state index in [1.165, 1.54) is 5.57 Å².